The summed E-state index contributed by atoms with van der Waals surface area (Å²) < 4.78 is 22.0. The molecule has 1 rings (SSSR count). The van der Waals surface area contributed by atoms with E-state index in [1.807, 2.05) is 0 Å². The second-order valence-corrected chi connectivity index (χ2v) is 7.44. The average molecular weight is 327 g/mol. The Morgan fingerprint density at radius 3 is 2.50 bits per heavy atom. The van der Waals surface area contributed by atoms with Gasteiger partial charge in [-0.15, -0.1) is 0 Å². The number of benzene rings is 1. The molecule has 0 bridgehead atoms. The van der Waals surface area contributed by atoms with Crippen LogP contribution in [0.1, 0.15) is 5.56 Å². The van der Waals surface area contributed by atoms with Crippen LogP contribution in [0.15, 0.2) is 24.3 Å². The number of hydrogen-bond donors (Lipinski definition) is 2. The lowest BCUT2D eigenvalue weighted by atomic mass is 10.1. The maximum absolute atomic E-state index is 11.7. The van der Waals surface area contributed by atoms with Gasteiger partial charge in [0.1, 0.15) is 9.84 Å². The van der Waals surface area contributed by atoms with Gasteiger partial charge < -0.3 is 15.5 Å². The fraction of sp³-hybridized carbons (Fsp3) is 0.429. The van der Waals surface area contributed by atoms with Crippen LogP contribution < -0.4 is 10.6 Å². The van der Waals surface area contributed by atoms with Crippen LogP contribution in [0.2, 0.25) is 0 Å². The first kappa shape index (κ1) is 18.0. The van der Waals surface area contributed by atoms with Gasteiger partial charge in [-0.3, -0.25) is 4.79 Å². The lowest BCUT2D eigenvalue weighted by molar-refractivity contribution is -0.120. The van der Waals surface area contributed by atoms with Crippen molar-refractivity contribution in [2.75, 3.05) is 38.0 Å². The van der Waals surface area contributed by atoms with Gasteiger partial charge in [0, 0.05) is 32.6 Å². The van der Waals surface area contributed by atoms with E-state index < -0.39 is 9.84 Å². The molecule has 0 aliphatic carbocycles. The van der Waals surface area contributed by atoms with E-state index in [-0.39, 0.29) is 30.7 Å². The van der Waals surface area contributed by atoms with Gasteiger partial charge in [0.2, 0.25) is 5.91 Å². The van der Waals surface area contributed by atoms with Crippen molar-refractivity contribution in [3.05, 3.63) is 29.8 Å². The summed E-state index contributed by atoms with van der Waals surface area (Å²) in [5.41, 5.74) is 1.33. The second-order valence-electron chi connectivity index (χ2n) is 5.18. The number of anilines is 1. The lowest BCUT2D eigenvalue weighted by Crippen LogP contribution is -2.30. The summed E-state index contributed by atoms with van der Waals surface area (Å²) in [4.78, 5) is 24.7. The van der Waals surface area contributed by atoms with Crippen molar-refractivity contribution >= 4 is 27.5 Å². The third-order valence-electron chi connectivity index (χ3n) is 2.74. The number of nitrogens with one attached hydrogen (secondary N) is 2. The number of sulfone groups is 1. The summed E-state index contributed by atoms with van der Waals surface area (Å²) >= 11 is 0. The van der Waals surface area contributed by atoms with Crippen molar-refractivity contribution in [2.45, 2.75) is 6.42 Å². The van der Waals surface area contributed by atoms with Crippen LogP contribution in [0.25, 0.3) is 0 Å². The van der Waals surface area contributed by atoms with Gasteiger partial charge in [-0.05, 0) is 17.7 Å². The van der Waals surface area contributed by atoms with Gasteiger partial charge in [0.05, 0.1) is 12.2 Å². The van der Waals surface area contributed by atoms with Gasteiger partial charge in [-0.1, -0.05) is 12.1 Å². The average Bonchev–Trinajstić information content (AvgIpc) is 2.37. The van der Waals surface area contributed by atoms with Crippen molar-refractivity contribution in [2.24, 2.45) is 0 Å². The number of hydrogen-bond acceptors (Lipinski definition) is 4. The van der Waals surface area contributed by atoms with Crippen molar-refractivity contribution in [3.8, 4) is 0 Å². The molecule has 22 heavy (non-hydrogen) atoms. The topological polar surface area (TPSA) is 95.6 Å². The molecule has 3 amide bonds. The summed E-state index contributed by atoms with van der Waals surface area (Å²) in [6, 6.07) is 6.69. The molecule has 0 aromatic heterocycles. The molecule has 0 aliphatic rings. The molecule has 1 aromatic carbocycles. The third kappa shape index (κ3) is 7.07. The van der Waals surface area contributed by atoms with Crippen molar-refractivity contribution in [3.63, 3.8) is 0 Å². The van der Waals surface area contributed by atoms with Crippen molar-refractivity contribution in [1.29, 1.82) is 0 Å². The highest BCUT2D eigenvalue weighted by Gasteiger charge is 2.08. The molecule has 7 nitrogen and oxygen atoms in total. The van der Waals surface area contributed by atoms with Crippen LogP contribution >= 0.6 is 0 Å². The van der Waals surface area contributed by atoms with E-state index in [0.717, 1.165) is 11.8 Å². The lowest BCUT2D eigenvalue weighted by Gasteiger charge is -2.12. The molecule has 0 radical (unpaired) electrons. The van der Waals surface area contributed by atoms with E-state index in [0.29, 0.717) is 5.69 Å². The molecule has 0 unspecified atom stereocenters. The molecule has 0 spiro atoms. The highest BCUT2D eigenvalue weighted by Crippen LogP contribution is 2.11. The molecule has 8 heteroatoms. The zero-order valence-corrected chi connectivity index (χ0v) is 13.7. The monoisotopic (exact) mass is 327 g/mol. The van der Waals surface area contributed by atoms with E-state index in [9.17, 15) is 18.0 Å². The first-order valence-electron chi connectivity index (χ1n) is 6.69. The normalized spacial score (nSPS) is 10.9. The Kier molecular flexibility index (Phi) is 6.36. The Bertz CT molecular complexity index is 641. The maximum atomic E-state index is 11.7. The van der Waals surface area contributed by atoms with Crippen molar-refractivity contribution < 1.29 is 18.0 Å². The third-order valence-corrected chi connectivity index (χ3v) is 3.69. The quantitative estimate of drug-likeness (QED) is 0.794. The minimum atomic E-state index is -3.09. The van der Waals surface area contributed by atoms with Crippen LogP contribution in [0.4, 0.5) is 10.5 Å². The number of rotatable bonds is 6. The Morgan fingerprint density at radius 1 is 1.23 bits per heavy atom. The predicted octanol–water partition coefficient (Wildman–Crippen LogP) is 0.483. The number of carbonyl (C=O) groups excluding carboxylic acids is 2. The van der Waals surface area contributed by atoms with Gasteiger partial charge in [-0.2, -0.15) is 0 Å². The molecule has 0 saturated heterocycles. The molecule has 2 N–H and O–H groups in total. The molecule has 0 aliphatic heterocycles. The highest BCUT2D eigenvalue weighted by atomic mass is 32.2. The van der Waals surface area contributed by atoms with Crippen LogP contribution in [0, 0.1) is 0 Å². The molecular weight excluding hydrogens is 306 g/mol. The van der Waals surface area contributed by atoms with E-state index in [1.165, 1.54) is 4.90 Å². The van der Waals surface area contributed by atoms with Gasteiger partial charge in [-0.25, -0.2) is 13.2 Å². The summed E-state index contributed by atoms with van der Waals surface area (Å²) in [5, 5.41) is 5.25. The van der Waals surface area contributed by atoms with Crippen LogP contribution in [0.5, 0.6) is 0 Å². The number of carbonyl (C=O) groups is 2. The summed E-state index contributed by atoms with van der Waals surface area (Å²) in [7, 11) is 0.179. The van der Waals surface area contributed by atoms with Crippen LogP contribution in [-0.2, 0) is 21.1 Å². The van der Waals surface area contributed by atoms with Crippen LogP contribution in [0.3, 0.4) is 0 Å². The van der Waals surface area contributed by atoms with Crippen LogP contribution in [-0.4, -0.2) is 57.9 Å². The highest BCUT2D eigenvalue weighted by molar-refractivity contribution is 7.90. The van der Waals surface area contributed by atoms with E-state index >= 15 is 0 Å². The van der Waals surface area contributed by atoms with Gasteiger partial charge in [0.15, 0.2) is 0 Å². The zero-order valence-electron chi connectivity index (χ0n) is 12.9. The molecule has 0 saturated carbocycles. The SMILES string of the molecule is CN(C)C(=O)Nc1cccc(CC(=O)NCCS(C)(=O)=O)c1. The summed E-state index contributed by atoms with van der Waals surface area (Å²) in [6.07, 6.45) is 1.24. The Hall–Kier alpha value is -2.09. The minimum absolute atomic E-state index is 0.0856. The minimum Gasteiger partial charge on any atom is -0.355 e. The summed E-state index contributed by atoms with van der Waals surface area (Å²) in [5.74, 6) is -0.350. The summed E-state index contributed by atoms with van der Waals surface area (Å²) in [6.45, 7) is 0.0920. The standard InChI is InChI=1S/C14H21N3O4S/c1-17(2)14(19)16-12-6-4-5-11(9-12)10-13(18)15-7-8-22(3,20)21/h4-6,9H,7-8,10H2,1-3H3,(H,15,18)(H,16,19). The smallest absolute Gasteiger partial charge is 0.321 e. The first-order valence-corrected chi connectivity index (χ1v) is 8.75. The second kappa shape index (κ2) is 7.79. The molecular formula is C14H21N3O4S. The first-order chi connectivity index (χ1) is 10.2. The number of nitrogens with zero attached hydrogens (tertiary/aromatic N) is 1. The van der Waals surface area contributed by atoms with Gasteiger partial charge in [0.25, 0.3) is 0 Å². The fourth-order valence-corrected chi connectivity index (χ4v) is 2.09. The van der Waals surface area contributed by atoms with E-state index in [4.69, 9.17) is 0 Å². The number of urea groups is 1. The molecule has 0 atom stereocenters. The Balaban J connectivity index is 2.55. The predicted molar refractivity (Wildman–Crippen MR) is 85.6 cm³/mol. The Morgan fingerprint density at radius 2 is 1.91 bits per heavy atom. The zero-order chi connectivity index (χ0) is 16.8. The molecule has 122 valence electrons. The maximum Gasteiger partial charge on any atom is 0.321 e. The molecule has 0 heterocycles. The van der Waals surface area contributed by atoms with E-state index in [1.54, 1.807) is 38.4 Å². The van der Waals surface area contributed by atoms with E-state index in [2.05, 4.69) is 10.6 Å². The Labute approximate surface area is 130 Å². The van der Waals surface area contributed by atoms with Crippen molar-refractivity contribution in [1.82, 2.24) is 10.2 Å². The number of amides is 3. The van der Waals surface area contributed by atoms with Gasteiger partial charge >= 0.3 is 6.03 Å². The molecule has 1 aromatic rings. The molecule has 0 fully saturated rings. The fourth-order valence-electron chi connectivity index (χ4n) is 1.62. The largest absolute Gasteiger partial charge is 0.355 e.